The lowest BCUT2D eigenvalue weighted by Crippen LogP contribution is -2.32. The highest BCUT2D eigenvalue weighted by molar-refractivity contribution is 5.07. The zero-order valence-corrected chi connectivity index (χ0v) is 7.53. The van der Waals surface area contributed by atoms with Crippen LogP contribution in [0.5, 0.6) is 5.75 Å². The van der Waals surface area contributed by atoms with Crippen molar-refractivity contribution in [2.45, 2.75) is 12.8 Å². The molecule has 2 rings (SSSR count). The first-order valence-corrected chi connectivity index (χ1v) is 4.68. The third kappa shape index (κ3) is 2.45. The van der Waals surface area contributed by atoms with Gasteiger partial charge in [-0.05, 0) is 19.4 Å². The lowest BCUT2D eigenvalue weighted by atomic mass is 10.0. The molecule has 72 valence electrons. The lowest BCUT2D eigenvalue weighted by Gasteiger charge is -2.22. The van der Waals surface area contributed by atoms with E-state index in [0.29, 0.717) is 5.92 Å². The van der Waals surface area contributed by atoms with E-state index >= 15 is 0 Å². The normalized spacial score (nSPS) is 22.9. The molecule has 0 aliphatic carbocycles. The van der Waals surface area contributed by atoms with Gasteiger partial charge in [-0.25, -0.2) is 0 Å². The van der Waals surface area contributed by atoms with Gasteiger partial charge in [0.05, 0.1) is 6.61 Å². The summed E-state index contributed by atoms with van der Waals surface area (Å²) >= 11 is 0. The van der Waals surface area contributed by atoms with E-state index in [1.54, 1.807) is 6.20 Å². The molecule has 1 aromatic heterocycles. The molecule has 1 N–H and O–H groups in total. The Morgan fingerprint density at radius 2 is 2.69 bits per heavy atom. The number of piperidine rings is 1. The lowest BCUT2D eigenvalue weighted by molar-refractivity contribution is 0.217. The van der Waals surface area contributed by atoms with Gasteiger partial charge in [-0.3, -0.25) is 0 Å². The minimum atomic E-state index is 0.628. The van der Waals surface area contributed by atoms with Gasteiger partial charge in [0, 0.05) is 12.5 Å². The molecule has 13 heavy (non-hydrogen) atoms. The van der Waals surface area contributed by atoms with Crippen molar-refractivity contribution in [1.29, 1.82) is 0 Å². The maximum atomic E-state index is 5.49. The molecule has 0 amide bonds. The van der Waals surface area contributed by atoms with E-state index in [1.165, 1.54) is 19.1 Å². The van der Waals surface area contributed by atoms with E-state index in [-0.39, 0.29) is 0 Å². The zero-order chi connectivity index (χ0) is 8.93. The number of hydrogen-bond acceptors (Lipinski definition) is 4. The van der Waals surface area contributed by atoms with Gasteiger partial charge >= 0.3 is 0 Å². The predicted molar refractivity (Wildman–Crippen MR) is 47.6 cm³/mol. The number of rotatable bonds is 3. The van der Waals surface area contributed by atoms with Crippen molar-refractivity contribution in [3.05, 3.63) is 12.5 Å². The summed E-state index contributed by atoms with van der Waals surface area (Å²) in [6.07, 6.45) is 5.61. The average molecular weight is 182 g/mol. The molecule has 0 aromatic carbocycles. The summed E-state index contributed by atoms with van der Waals surface area (Å²) in [5, 5.41) is 6.92. The minimum absolute atomic E-state index is 0.628. The third-order valence-electron chi connectivity index (χ3n) is 2.29. The van der Waals surface area contributed by atoms with Crippen LogP contribution in [-0.4, -0.2) is 24.9 Å². The Balaban J connectivity index is 1.72. The van der Waals surface area contributed by atoms with Crippen LogP contribution in [0.3, 0.4) is 0 Å². The second kappa shape index (κ2) is 4.28. The maximum Gasteiger partial charge on any atom is 0.178 e. The SMILES string of the molecule is c1nocc1OCC1CCCNC1. The molecule has 4 heteroatoms. The molecule has 2 heterocycles. The molecule has 0 saturated carbocycles. The highest BCUT2D eigenvalue weighted by Gasteiger charge is 2.13. The highest BCUT2D eigenvalue weighted by Crippen LogP contribution is 2.13. The number of nitrogens with one attached hydrogen (secondary N) is 1. The summed E-state index contributed by atoms with van der Waals surface area (Å²) < 4.78 is 10.2. The van der Waals surface area contributed by atoms with E-state index in [1.807, 2.05) is 0 Å². The van der Waals surface area contributed by atoms with Crippen molar-refractivity contribution in [3.8, 4) is 5.75 Å². The number of nitrogens with zero attached hydrogens (tertiary/aromatic N) is 1. The topological polar surface area (TPSA) is 47.3 Å². The van der Waals surface area contributed by atoms with Crippen molar-refractivity contribution < 1.29 is 9.26 Å². The van der Waals surface area contributed by atoms with Crippen LogP contribution in [0.15, 0.2) is 17.0 Å². The van der Waals surface area contributed by atoms with Crippen molar-refractivity contribution in [3.63, 3.8) is 0 Å². The van der Waals surface area contributed by atoms with Crippen LogP contribution in [0.2, 0.25) is 0 Å². The van der Waals surface area contributed by atoms with Crippen molar-refractivity contribution in [2.75, 3.05) is 19.7 Å². The molecule has 1 fully saturated rings. The summed E-state index contributed by atoms with van der Waals surface area (Å²) in [4.78, 5) is 0. The van der Waals surface area contributed by atoms with E-state index in [2.05, 4.69) is 15.0 Å². The maximum absolute atomic E-state index is 5.49. The fraction of sp³-hybridized carbons (Fsp3) is 0.667. The van der Waals surface area contributed by atoms with Gasteiger partial charge in [-0.15, -0.1) is 0 Å². The van der Waals surface area contributed by atoms with Crippen LogP contribution in [0.25, 0.3) is 0 Å². The Labute approximate surface area is 77.2 Å². The number of aromatic nitrogens is 1. The average Bonchev–Trinajstić information content (AvgIpc) is 2.69. The van der Waals surface area contributed by atoms with E-state index < -0.39 is 0 Å². The first-order chi connectivity index (χ1) is 6.45. The van der Waals surface area contributed by atoms with Gasteiger partial charge in [-0.1, -0.05) is 5.16 Å². The molecule has 4 nitrogen and oxygen atoms in total. The molecule has 1 aliphatic heterocycles. The fourth-order valence-corrected chi connectivity index (χ4v) is 1.55. The summed E-state index contributed by atoms with van der Waals surface area (Å²) in [6, 6.07) is 0. The Hall–Kier alpha value is -1.03. The highest BCUT2D eigenvalue weighted by atomic mass is 16.5. The molecule has 1 aromatic rings. The van der Waals surface area contributed by atoms with E-state index in [4.69, 9.17) is 4.74 Å². The van der Waals surface area contributed by atoms with E-state index in [9.17, 15) is 0 Å². The largest absolute Gasteiger partial charge is 0.488 e. The first-order valence-electron chi connectivity index (χ1n) is 4.68. The molecule has 1 saturated heterocycles. The Kier molecular flexibility index (Phi) is 2.82. The monoisotopic (exact) mass is 182 g/mol. The van der Waals surface area contributed by atoms with Gasteiger partial charge in [0.2, 0.25) is 0 Å². The van der Waals surface area contributed by atoms with Crippen LogP contribution in [0, 0.1) is 5.92 Å². The van der Waals surface area contributed by atoms with E-state index in [0.717, 1.165) is 25.4 Å². The smallest absolute Gasteiger partial charge is 0.178 e. The first kappa shape index (κ1) is 8.56. The summed E-state index contributed by atoms with van der Waals surface area (Å²) in [6.45, 7) is 2.96. The van der Waals surface area contributed by atoms with Crippen LogP contribution in [0.4, 0.5) is 0 Å². The van der Waals surface area contributed by atoms with Gasteiger partial charge < -0.3 is 14.6 Å². The van der Waals surface area contributed by atoms with Gasteiger partial charge in [0.25, 0.3) is 0 Å². The minimum Gasteiger partial charge on any atom is -0.488 e. The van der Waals surface area contributed by atoms with Gasteiger partial charge in [-0.2, -0.15) is 0 Å². The van der Waals surface area contributed by atoms with Crippen LogP contribution >= 0.6 is 0 Å². The quantitative estimate of drug-likeness (QED) is 0.759. The Morgan fingerprint density at radius 1 is 1.69 bits per heavy atom. The van der Waals surface area contributed by atoms with Gasteiger partial charge in [0.15, 0.2) is 12.0 Å². The van der Waals surface area contributed by atoms with Crippen molar-refractivity contribution >= 4 is 0 Å². The molecule has 0 spiro atoms. The fourth-order valence-electron chi connectivity index (χ4n) is 1.55. The number of hydrogen-bond donors (Lipinski definition) is 1. The summed E-state index contributed by atoms with van der Waals surface area (Å²) in [5.74, 6) is 1.36. The molecular formula is C9H14N2O2. The second-order valence-corrected chi connectivity index (χ2v) is 3.38. The van der Waals surface area contributed by atoms with Crippen LogP contribution < -0.4 is 10.1 Å². The summed E-state index contributed by atoms with van der Waals surface area (Å²) in [5.41, 5.74) is 0. The summed E-state index contributed by atoms with van der Waals surface area (Å²) in [7, 11) is 0. The standard InChI is InChI=1S/C9H14N2O2/c1-2-8(4-10-3-1)6-12-9-5-11-13-7-9/h5,7-8,10H,1-4,6H2. The molecule has 1 aliphatic rings. The molecule has 0 radical (unpaired) electrons. The van der Waals surface area contributed by atoms with Crippen LogP contribution in [-0.2, 0) is 0 Å². The molecule has 1 atom stereocenters. The van der Waals surface area contributed by atoms with Crippen molar-refractivity contribution in [1.82, 2.24) is 10.5 Å². The van der Waals surface area contributed by atoms with Crippen LogP contribution in [0.1, 0.15) is 12.8 Å². The molecule has 1 unspecified atom stereocenters. The third-order valence-corrected chi connectivity index (χ3v) is 2.29. The Morgan fingerprint density at radius 3 is 3.38 bits per heavy atom. The second-order valence-electron chi connectivity index (χ2n) is 3.38. The predicted octanol–water partition coefficient (Wildman–Crippen LogP) is 1.05. The molecule has 0 bridgehead atoms. The van der Waals surface area contributed by atoms with Gasteiger partial charge in [0.1, 0.15) is 6.20 Å². The zero-order valence-electron chi connectivity index (χ0n) is 7.53. The number of ether oxygens (including phenoxy) is 1. The van der Waals surface area contributed by atoms with Crippen molar-refractivity contribution in [2.24, 2.45) is 5.92 Å². The Bertz CT molecular complexity index is 230. The molecular weight excluding hydrogens is 168 g/mol.